The number of aldehydes is 2. The third kappa shape index (κ3) is 1.65. The van der Waals surface area contributed by atoms with Crippen molar-refractivity contribution in [3.63, 3.8) is 0 Å². The predicted octanol–water partition coefficient (Wildman–Crippen LogP) is 1.92. The van der Waals surface area contributed by atoms with Gasteiger partial charge in [-0.15, -0.1) is 0 Å². The first-order chi connectivity index (χ1) is 5.29. The molecule has 0 bridgehead atoms. The molecule has 0 saturated heterocycles. The van der Waals surface area contributed by atoms with Gasteiger partial charge in [-0.1, -0.05) is 18.2 Å². The third-order valence-electron chi connectivity index (χ3n) is 1.31. The Morgan fingerprint density at radius 2 is 1.55 bits per heavy atom. The van der Waals surface area contributed by atoms with E-state index in [-0.39, 0.29) is 0 Å². The van der Waals surface area contributed by atoms with Crippen molar-refractivity contribution in [2.24, 2.45) is 0 Å². The fourth-order valence-electron chi connectivity index (χ4n) is 0.750. The van der Waals surface area contributed by atoms with Crippen LogP contribution in [0, 0.1) is 3.57 Å². The predicted molar refractivity (Wildman–Crippen MR) is 49.9 cm³/mol. The summed E-state index contributed by atoms with van der Waals surface area (Å²) in [6.45, 7) is 0. The molecule has 1 aromatic carbocycles. The van der Waals surface area contributed by atoms with Crippen molar-refractivity contribution in [2.75, 3.05) is 0 Å². The average Bonchev–Trinajstić information content (AvgIpc) is 2.05. The van der Waals surface area contributed by atoms with Gasteiger partial charge in [0.25, 0.3) is 0 Å². The summed E-state index contributed by atoms with van der Waals surface area (Å²) >= 11 is 1.98. The molecule has 3 heteroatoms. The van der Waals surface area contributed by atoms with E-state index in [1.54, 1.807) is 18.2 Å². The lowest BCUT2D eigenvalue weighted by Gasteiger charge is -1.97. The fraction of sp³-hybridized carbons (Fsp3) is 0. The van der Waals surface area contributed by atoms with Crippen molar-refractivity contribution >= 4 is 35.2 Å². The maximum atomic E-state index is 10.4. The standard InChI is InChI=1S/C8H5IO2/c9-8-6(4-10)2-1-3-7(8)5-11/h1-5H. The molecule has 0 atom stereocenters. The van der Waals surface area contributed by atoms with Gasteiger partial charge in [0.2, 0.25) is 0 Å². The van der Waals surface area contributed by atoms with Crippen LogP contribution in [0.2, 0.25) is 0 Å². The monoisotopic (exact) mass is 260 g/mol. The number of carbonyl (C=O) groups excluding carboxylic acids is 2. The van der Waals surface area contributed by atoms with Crippen LogP contribution in [0.25, 0.3) is 0 Å². The van der Waals surface area contributed by atoms with E-state index in [0.717, 1.165) is 16.1 Å². The van der Waals surface area contributed by atoms with Crippen LogP contribution in [0.4, 0.5) is 0 Å². The van der Waals surface area contributed by atoms with Crippen LogP contribution in [0.5, 0.6) is 0 Å². The normalized spacial score (nSPS) is 9.18. The largest absolute Gasteiger partial charge is 0.298 e. The van der Waals surface area contributed by atoms with Gasteiger partial charge in [0.15, 0.2) is 12.6 Å². The zero-order valence-electron chi connectivity index (χ0n) is 5.58. The molecule has 1 rings (SSSR count). The maximum absolute atomic E-state index is 10.4. The van der Waals surface area contributed by atoms with Crippen LogP contribution in [0.3, 0.4) is 0 Å². The highest BCUT2D eigenvalue weighted by molar-refractivity contribution is 14.1. The molecule has 0 aromatic heterocycles. The number of benzene rings is 1. The second kappa shape index (κ2) is 3.61. The van der Waals surface area contributed by atoms with E-state index in [0.29, 0.717) is 11.1 Å². The average molecular weight is 260 g/mol. The Bertz CT molecular complexity index is 268. The third-order valence-corrected chi connectivity index (χ3v) is 2.56. The van der Waals surface area contributed by atoms with Gasteiger partial charge in [-0.3, -0.25) is 9.59 Å². The minimum absolute atomic E-state index is 0.565. The summed E-state index contributed by atoms with van der Waals surface area (Å²) in [4.78, 5) is 20.7. The Hall–Kier alpha value is -0.710. The highest BCUT2D eigenvalue weighted by atomic mass is 127. The van der Waals surface area contributed by atoms with Crippen molar-refractivity contribution < 1.29 is 9.59 Å². The van der Waals surface area contributed by atoms with Gasteiger partial charge in [0, 0.05) is 14.7 Å². The quantitative estimate of drug-likeness (QED) is 0.601. The van der Waals surface area contributed by atoms with E-state index in [1.165, 1.54) is 0 Å². The van der Waals surface area contributed by atoms with E-state index in [2.05, 4.69) is 0 Å². The Labute approximate surface area is 77.7 Å². The minimum atomic E-state index is 0.565. The highest BCUT2D eigenvalue weighted by Gasteiger charge is 2.01. The van der Waals surface area contributed by atoms with Crippen molar-refractivity contribution in [3.8, 4) is 0 Å². The van der Waals surface area contributed by atoms with Gasteiger partial charge in [-0.05, 0) is 22.6 Å². The first-order valence-electron chi connectivity index (χ1n) is 2.98. The summed E-state index contributed by atoms with van der Waals surface area (Å²) < 4.78 is 0.718. The van der Waals surface area contributed by atoms with Crippen molar-refractivity contribution in [1.29, 1.82) is 0 Å². The Kier molecular flexibility index (Phi) is 2.76. The van der Waals surface area contributed by atoms with E-state index >= 15 is 0 Å². The van der Waals surface area contributed by atoms with E-state index in [9.17, 15) is 9.59 Å². The topological polar surface area (TPSA) is 34.1 Å². The number of halogens is 1. The summed E-state index contributed by atoms with van der Waals surface area (Å²) in [6.07, 6.45) is 1.49. The summed E-state index contributed by atoms with van der Waals surface area (Å²) in [5, 5.41) is 0. The molecule has 0 spiro atoms. The molecule has 0 unspecified atom stereocenters. The Morgan fingerprint density at radius 3 is 1.91 bits per heavy atom. The molecule has 0 aliphatic rings. The fourth-order valence-corrected chi connectivity index (χ4v) is 1.36. The Balaban J connectivity index is 3.30. The molecule has 0 N–H and O–H groups in total. The molecule has 0 fully saturated rings. The van der Waals surface area contributed by atoms with Crippen LogP contribution < -0.4 is 0 Å². The molecule has 56 valence electrons. The van der Waals surface area contributed by atoms with E-state index < -0.39 is 0 Å². The highest BCUT2D eigenvalue weighted by Crippen LogP contribution is 2.13. The molecule has 11 heavy (non-hydrogen) atoms. The van der Waals surface area contributed by atoms with E-state index in [1.807, 2.05) is 22.6 Å². The second-order valence-corrected chi connectivity index (χ2v) is 3.06. The van der Waals surface area contributed by atoms with Gasteiger partial charge in [-0.2, -0.15) is 0 Å². The molecular formula is C8H5IO2. The molecule has 0 aliphatic carbocycles. The number of rotatable bonds is 2. The van der Waals surface area contributed by atoms with Crippen LogP contribution in [-0.4, -0.2) is 12.6 Å². The van der Waals surface area contributed by atoms with Crippen LogP contribution >= 0.6 is 22.6 Å². The number of hydrogen-bond donors (Lipinski definition) is 0. The molecule has 0 heterocycles. The smallest absolute Gasteiger partial charge is 0.151 e. The molecule has 2 nitrogen and oxygen atoms in total. The van der Waals surface area contributed by atoms with Crippen molar-refractivity contribution in [3.05, 3.63) is 32.9 Å². The summed E-state index contributed by atoms with van der Waals surface area (Å²) in [6, 6.07) is 5.05. The first kappa shape index (κ1) is 8.39. The number of hydrogen-bond acceptors (Lipinski definition) is 2. The lowest BCUT2D eigenvalue weighted by Crippen LogP contribution is -1.91. The van der Waals surface area contributed by atoms with E-state index in [4.69, 9.17) is 0 Å². The van der Waals surface area contributed by atoms with Gasteiger partial charge in [0.1, 0.15) is 0 Å². The summed E-state index contributed by atoms with van der Waals surface area (Å²) in [5.74, 6) is 0. The van der Waals surface area contributed by atoms with Gasteiger partial charge in [0.05, 0.1) is 0 Å². The van der Waals surface area contributed by atoms with Crippen molar-refractivity contribution in [2.45, 2.75) is 0 Å². The molecule has 0 radical (unpaired) electrons. The SMILES string of the molecule is O=Cc1cccc(C=O)c1I. The van der Waals surface area contributed by atoms with Gasteiger partial charge in [-0.25, -0.2) is 0 Å². The zero-order valence-corrected chi connectivity index (χ0v) is 7.74. The van der Waals surface area contributed by atoms with Crippen molar-refractivity contribution in [1.82, 2.24) is 0 Å². The van der Waals surface area contributed by atoms with Crippen LogP contribution in [0.1, 0.15) is 20.7 Å². The van der Waals surface area contributed by atoms with Crippen LogP contribution in [0.15, 0.2) is 18.2 Å². The molecule has 0 saturated carbocycles. The summed E-state index contributed by atoms with van der Waals surface area (Å²) in [5.41, 5.74) is 1.13. The van der Waals surface area contributed by atoms with Gasteiger partial charge < -0.3 is 0 Å². The molecular weight excluding hydrogens is 255 g/mol. The molecule has 0 aliphatic heterocycles. The molecule has 0 amide bonds. The zero-order chi connectivity index (χ0) is 8.27. The first-order valence-corrected chi connectivity index (χ1v) is 4.06. The van der Waals surface area contributed by atoms with Gasteiger partial charge >= 0.3 is 0 Å². The second-order valence-electron chi connectivity index (χ2n) is 1.99. The number of carbonyl (C=O) groups is 2. The lowest BCUT2D eigenvalue weighted by molar-refractivity contribution is 0.112. The minimum Gasteiger partial charge on any atom is -0.298 e. The molecule has 1 aromatic rings. The Morgan fingerprint density at radius 1 is 1.09 bits per heavy atom. The maximum Gasteiger partial charge on any atom is 0.151 e. The van der Waals surface area contributed by atoms with Crippen LogP contribution in [-0.2, 0) is 0 Å². The lowest BCUT2D eigenvalue weighted by atomic mass is 10.1. The summed E-state index contributed by atoms with van der Waals surface area (Å²) in [7, 11) is 0.